The molecule has 0 radical (unpaired) electrons. The molecule has 0 saturated carbocycles. The Hall–Kier alpha value is -3.47. The summed E-state index contributed by atoms with van der Waals surface area (Å²) in [6.45, 7) is 4.62. The third kappa shape index (κ3) is 3.68. The van der Waals surface area contributed by atoms with Gasteiger partial charge in [0.25, 0.3) is 0 Å². The Bertz CT molecular complexity index is 1210. The summed E-state index contributed by atoms with van der Waals surface area (Å²) < 4.78 is 11.1. The van der Waals surface area contributed by atoms with Gasteiger partial charge in [-0.1, -0.05) is 75.2 Å². The van der Waals surface area contributed by atoms with E-state index < -0.39 is 11.9 Å². The molecule has 0 N–H and O–H groups in total. The van der Waals surface area contributed by atoms with Crippen LogP contribution in [0.4, 0.5) is 0 Å². The molecule has 3 aromatic rings. The molecule has 0 spiro atoms. The summed E-state index contributed by atoms with van der Waals surface area (Å²) in [4.78, 5) is 39.9. The van der Waals surface area contributed by atoms with Crippen LogP contribution in [0.25, 0.3) is 21.9 Å². The zero-order valence-electron chi connectivity index (χ0n) is 18.4. The van der Waals surface area contributed by atoms with Gasteiger partial charge in [-0.2, -0.15) is 0 Å². The zero-order valence-corrected chi connectivity index (χ0v) is 18.4. The van der Waals surface area contributed by atoms with Crippen LogP contribution >= 0.6 is 0 Å². The lowest BCUT2D eigenvalue weighted by molar-refractivity contribution is 0.0488. The molecule has 0 aliphatic heterocycles. The maximum absolute atomic E-state index is 13.5. The first-order valence-electron chi connectivity index (χ1n) is 11.2. The summed E-state index contributed by atoms with van der Waals surface area (Å²) in [5.41, 5.74) is 2.36. The summed E-state index contributed by atoms with van der Waals surface area (Å²) in [5.74, 6) is -1.30. The van der Waals surface area contributed by atoms with E-state index in [4.69, 9.17) is 9.47 Å². The molecular formula is C27H26O5. The van der Waals surface area contributed by atoms with Gasteiger partial charge in [-0.3, -0.25) is 4.79 Å². The summed E-state index contributed by atoms with van der Waals surface area (Å²) in [6, 6.07) is 14.3. The topological polar surface area (TPSA) is 69.7 Å². The quantitative estimate of drug-likeness (QED) is 0.255. The van der Waals surface area contributed by atoms with Crippen LogP contribution < -0.4 is 0 Å². The van der Waals surface area contributed by atoms with E-state index in [0.717, 1.165) is 25.7 Å². The van der Waals surface area contributed by atoms with Gasteiger partial charge in [-0.15, -0.1) is 0 Å². The van der Waals surface area contributed by atoms with Crippen molar-refractivity contribution >= 4 is 28.5 Å². The Balaban J connectivity index is 1.99. The van der Waals surface area contributed by atoms with Crippen molar-refractivity contribution in [3.63, 3.8) is 0 Å². The Labute approximate surface area is 187 Å². The minimum absolute atomic E-state index is 0.220. The molecule has 0 saturated heterocycles. The van der Waals surface area contributed by atoms with E-state index in [0.29, 0.717) is 39.6 Å². The van der Waals surface area contributed by atoms with Gasteiger partial charge in [0.2, 0.25) is 0 Å². The van der Waals surface area contributed by atoms with Crippen molar-refractivity contribution in [2.45, 2.75) is 39.5 Å². The molecular weight excluding hydrogens is 404 g/mol. The van der Waals surface area contributed by atoms with E-state index in [-0.39, 0.29) is 23.5 Å². The Morgan fingerprint density at radius 1 is 0.688 bits per heavy atom. The lowest BCUT2D eigenvalue weighted by Gasteiger charge is -2.17. The molecule has 164 valence electrons. The monoisotopic (exact) mass is 430 g/mol. The number of carbonyl (C=O) groups excluding carboxylic acids is 3. The van der Waals surface area contributed by atoms with Gasteiger partial charge in [0.15, 0.2) is 5.78 Å². The highest BCUT2D eigenvalue weighted by molar-refractivity contribution is 6.32. The first-order chi connectivity index (χ1) is 15.6. The zero-order chi connectivity index (χ0) is 22.7. The highest BCUT2D eigenvalue weighted by Crippen LogP contribution is 2.45. The second-order valence-electron chi connectivity index (χ2n) is 7.90. The maximum atomic E-state index is 13.5. The van der Waals surface area contributed by atoms with Crippen LogP contribution in [0.1, 0.15) is 76.2 Å². The van der Waals surface area contributed by atoms with Crippen LogP contribution in [0.15, 0.2) is 48.5 Å². The molecule has 5 heteroatoms. The molecule has 5 nitrogen and oxygen atoms in total. The second-order valence-corrected chi connectivity index (χ2v) is 7.90. The van der Waals surface area contributed by atoms with Gasteiger partial charge in [-0.05, 0) is 29.2 Å². The maximum Gasteiger partial charge on any atom is 0.339 e. The van der Waals surface area contributed by atoms with Crippen LogP contribution in [0.2, 0.25) is 0 Å². The number of ether oxygens (including phenoxy) is 2. The third-order valence-corrected chi connectivity index (χ3v) is 5.75. The normalized spacial score (nSPS) is 11.9. The molecule has 0 bridgehead atoms. The second kappa shape index (κ2) is 9.35. The largest absolute Gasteiger partial charge is 0.462 e. The highest BCUT2D eigenvalue weighted by atomic mass is 16.5. The van der Waals surface area contributed by atoms with E-state index >= 15 is 0 Å². The van der Waals surface area contributed by atoms with Gasteiger partial charge < -0.3 is 9.47 Å². The Morgan fingerprint density at radius 3 is 1.69 bits per heavy atom. The predicted molar refractivity (Wildman–Crippen MR) is 123 cm³/mol. The molecule has 0 aromatic heterocycles. The smallest absolute Gasteiger partial charge is 0.339 e. The molecule has 3 aromatic carbocycles. The molecule has 0 heterocycles. The van der Waals surface area contributed by atoms with E-state index in [2.05, 4.69) is 0 Å². The highest BCUT2D eigenvalue weighted by Gasteiger charge is 2.38. The van der Waals surface area contributed by atoms with Crippen LogP contribution in [0.3, 0.4) is 0 Å². The van der Waals surface area contributed by atoms with E-state index in [1.165, 1.54) is 0 Å². The van der Waals surface area contributed by atoms with Crippen LogP contribution in [-0.2, 0) is 9.47 Å². The van der Waals surface area contributed by atoms with Gasteiger partial charge in [0.1, 0.15) is 0 Å². The Kier molecular flexibility index (Phi) is 6.35. The molecule has 0 fully saturated rings. The van der Waals surface area contributed by atoms with Gasteiger partial charge in [0.05, 0.1) is 24.3 Å². The van der Waals surface area contributed by atoms with Gasteiger partial charge in [-0.25, -0.2) is 9.59 Å². The molecule has 32 heavy (non-hydrogen) atoms. The molecule has 0 unspecified atom stereocenters. The van der Waals surface area contributed by atoms with Crippen molar-refractivity contribution in [2.75, 3.05) is 13.2 Å². The summed E-state index contributed by atoms with van der Waals surface area (Å²) in [7, 11) is 0. The summed E-state index contributed by atoms with van der Waals surface area (Å²) >= 11 is 0. The fourth-order valence-electron chi connectivity index (χ4n) is 4.16. The molecule has 0 atom stereocenters. The number of carbonyl (C=O) groups is 3. The van der Waals surface area contributed by atoms with Gasteiger partial charge >= 0.3 is 11.9 Å². The number of esters is 2. The number of fused-ring (bicyclic) bond motifs is 4. The SMILES string of the molecule is CCCCOC(=O)c1c2c(c(C(=O)OCCCC)c3ccccc13)-c1ccccc1C2=O. The summed E-state index contributed by atoms with van der Waals surface area (Å²) in [6.07, 6.45) is 3.28. The van der Waals surface area contributed by atoms with E-state index in [1.54, 1.807) is 30.3 Å². The van der Waals surface area contributed by atoms with E-state index in [9.17, 15) is 14.4 Å². The number of hydrogen-bond donors (Lipinski definition) is 0. The standard InChI is InChI=1S/C27H26O5/c1-3-5-15-31-26(29)22-17-11-7-8-12-18(17)23(27(30)32-16-6-4-2)24-21(22)19-13-9-10-14-20(19)25(24)28/h7-14H,3-6,15-16H2,1-2H3. The van der Waals surface area contributed by atoms with Crippen molar-refractivity contribution < 1.29 is 23.9 Å². The van der Waals surface area contributed by atoms with Gasteiger partial charge in [0, 0.05) is 16.7 Å². The first kappa shape index (κ1) is 21.8. The van der Waals surface area contributed by atoms with E-state index in [1.807, 2.05) is 32.0 Å². The van der Waals surface area contributed by atoms with Crippen molar-refractivity contribution in [1.29, 1.82) is 0 Å². The average Bonchev–Trinajstić information content (AvgIpc) is 3.10. The number of ketones is 1. The fourth-order valence-corrected chi connectivity index (χ4v) is 4.16. The lowest BCUT2D eigenvalue weighted by Crippen LogP contribution is -2.16. The van der Waals surface area contributed by atoms with Crippen LogP contribution in [0.5, 0.6) is 0 Å². The summed E-state index contributed by atoms with van der Waals surface area (Å²) in [5, 5.41) is 1.11. The average molecular weight is 431 g/mol. The molecule has 1 aliphatic rings. The van der Waals surface area contributed by atoms with Crippen LogP contribution in [0, 0.1) is 0 Å². The number of unbranched alkanes of at least 4 members (excludes halogenated alkanes) is 2. The molecule has 1 aliphatic carbocycles. The number of rotatable bonds is 8. The van der Waals surface area contributed by atoms with Crippen molar-refractivity contribution in [3.05, 3.63) is 70.8 Å². The lowest BCUT2D eigenvalue weighted by atomic mass is 9.88. The number of hydrogen-bond acceptors (Lipinski definition) is 5. The number of benzene rings is 3. The van der Waals surface area contributed by atoms with Crippen molar-refractivity contribution in [1.82, 2.24) is 0 Å². The Morgan fingerprint density at radius 2 is 1.16 bits per heavy atom. The third-order valence-electron chi connectivity index (χ3n) is 5.75. The predicted octanol–water partition coefficient (Wildman–Crippen LogP) is 5.97. The minimum atomic E-state index is -0.544. The van der Waals surface area contributed by atoms with Crippen molar-refractivity contribution in [3.8, 4) is 11.1 Å². The molecule has 0 amide bonds. The van der Waals surface area contributed by atoms with Crippen molar-refractivity contribution in [2.24, 2.45) is 0 Å². The fraction of sp³-hybridized carbons (Fsp3) is 0.296. The minimum Gasteiger partial charge on any atom is -0.462 e. The molecule has 4 rings (SSSR count). The first-order valence-corrected chi connectivity index (χ1v) is 11.2. The van der Waals surface area contributed by atoms with Crippen LogP contribution in [-0.4, -0.2) is 30.9 Å².